The molecule has 1 atom stereocenters. The predicted molar refractivity (Wildman–Crippen MR) is 63.0 cm³/mol. The lowest BCUT2D eigenvalue weighted by Crippen LogP contribution is -2.41. The van der Waals surface area contributed by atoms with Gasteiger partial charge in [0.2, 0.25) is 5.91 Å². The van der Waals surface area contributed by atoms with Crippen LogP contribution in [-0.2, 0) is 4.79 Å². The number of hydrogen-bond acceptors (Lipinski definition) is 2. The molecule has 6 heteroatoms. The van der Waals surface area contributed by atoms with E-state index in [9.17, 15) is 18.0 Å². The van der Waals surface area contributed by atoms with E-state index in [2.05, 4.69) is 10.6 Å². The van der Waals surface area contributed by atoms with Crippen molar-refractivity contribution >= 4 is 5.91 Å². The lowest BCUT2D eigenvalue weighted by atomic mass is 9.81. The molecule has 1 amide bonds. The Hall–Kier alpha value is -0.780. The SMILES string of the molecule is CNC(C)CNC(=O)C1CCC(C(F)(F)F)CC1. The van der Waals surface area contributed by atoms with Crippen molar-refractivity contribution in [3.63, 3.8) is 0 Å². The molecule has 1 aliphatic carbocycles. The molecular formula is C12H21F3N2O. The highest BCUT2D eigenvalue weighted by molar-refractivity contribution is 5.78. The minimum absolute atomic E-state index is 0.0726. The summed E-state index contributed by atoms with van der Waals surface area (Å²) in [5, 5.41) is 5.76. The van der Waals surface area contributed by atoms with Crippen molar-refractivity contribution in [1.29, 1.82) is 0 Å². The maximum Gasteiger partial charge on any atom is 0.391 e. The fraction of sp³-hybridized carbons (Fsp3) is 0.917. The molecule has 0 radical (unpaired) electrons. The second-order valence-corrected chi connectivity index (χ2v) is 5.03. The van der Waals surface area contributed by atoms with Crippen molar-refractivity contribution in [2.24, 2.45) is 11.8 Å². The van der Waals surface area contributed by atoms with E-state index in [-0.39, 0.29) is 30.7 Å². The third-order valence-corrected chi connectivity index (χ3v) is 3.64. The highest BCUT2D eigenvalue weighted by Gasteiger charge is 2.42. The zero-order valence-electron chi connectivity index (χ0n) is 10.8. The van der Waals surface area contributed by atoms with Gasteiger partial charge in [0, 0.05) is 18.5 Å². The predicted octanol–water partition coefficient (Wildman–Crippen LogP) is 2.08. The van der Waals surface area contributed by atoms with Crippen LogP contribution in [0.4, 0.5) is 13.2 Å². The van der Waals surface area contributed by atoms with E-state index in [1.165, 1.54) is 0 Å². The molecule has 1 rings (SSSR count). The van der Waals surface area contributed by atoms with E-state index in [4.69, 9.17) is 0 Å². The van der Waals surface area contributed by atoms with E-state index < -0.39 is 12.1 Å². The van der Waals surface area contributed by atoms with Gasteiger partial charge in [0.25, 0.3) is 0 Å². The van der Waals surface area contributed by atoms with Crippen LogP contribution in [0.2, 0.25) is 0 Å². The molecule has 1 saturated carbocycles. The Bertz CT molecular complexity index is 273. The zero-order chi connectivity index (χ0) is 13.8. The van der Waals surface area contributed by atoms with E-state index in [1.54, 1.807) is 7.05 Å². The molecule has 1 aliphatic rings. The van der Waals surface area contributed by atoms with Gasteiger partial charge in [-0.3, -0.25) is 4.79 Å². The Labute approximate surface area is 106 Å². The Morgan fingerprint density at radius 2 is 1.83 bits per heavy atom. The molecule has 0 spiro atoms. The Morgan fingerprint density at radius 3 is 2.28 bits per heavy atom. The van der Waals surface area contributed by atoms with Gasteiger partial charge < -0.3 is 10.6 Å². The minimum Gasteiger partial charge on any atom is -0.354 e. The number of carbonyl (C=O) groups is 1. The van der Waals surface area contributed by atoms with Crippen molar-refractivity contribution in [1.82, 2.24) is 10.6 Å². The number of nitrogens with one attached hydrogen (secondary N) is 2. The monoisotopic (exact) mass is 266 g/mol. The molecule has 106 valence electrons. The fourth-order valence-corrected chi connectivity index (χ4v) is 2.18. The summed E-state index contributed by atoms with van der Waals surface area (Å²) < 4.78 is 37.4. The Kier molecular flexibility index (Phi) is 5.44. The summed E-state index contributed by atoms with van der Waals surface area (Å²) in [6.45, 7) is 2.44. The normalized spacial score (nSPS) is 26.7. The molecule has 0 heterocycles. The third kappa shape index (κ3) is 4.48. The van der Waals surface area contributed by atoms with Gasteiger partial charge >= 0.3 is 6.18 Å². The number of halogens is 3. The molecular weight excluding hydrogens is 245 g/mol. The first-order valence-corrected chi connectivity index (χ1v) is 6.36. The summed E-state index contributed by atoms with van der Waals surface area (Å²) >= 11 is 0. The quantitative estimate of drug-likeness (QED) is 0.818. The van der Waals surface area contributed by atoms with Crippen LogP contribution in [0.25, 0.3) is 0 Å². The van der Waals surface area contributed by atoms with Crippen LogP contribution in [0, 0.1) is 11.8 Å². The van der Waals surface area contributed by atoms with E-state index in [1.807, 2.05) is 6.92 Å². The second kappa shape index (κ2) is 6.41. The maximum absolute atomic E-state index is 12.5. The fourth-order valence-electron chi connectivity index (χ4n) is 2.18. The molecule has 1 unspecified atom stereocenters. The summed E-state index contributed by atoms with van der Waals surface area (Å²) in [5.74, 6) is -1.59. The average Bonchev–Trinajstić information content (AvgIpc) is 2.34. The summed E-state index contributed by atoms with van der Waals surface area (Å²) in [6, 6.07) is 0.167. The standard InChI is InChI=1S/C12H21F3N2O/c1-8(16-2)7-17-11(18)9-3-5-10(6-4-9)12(13,14)15/h8-10,16H,3-7H2,1-2H3,(H,17,18). The van der Waals surface area contributed by atoms with Crippen LogP contribution in [0.1, 0.15) is 32.6 Å². The average molecular weight is 266 g/mol. The summed E-state index contributed by atoms with van der Waals surface area (Å²) in [6.07, 6.45) is -3.29. The molecule has 3 nitrogen and oxygen atoms in total. The molecule has 0 aliphatic heterocycles. The molecule has 0 saturated heterocycles. The molecule has 0 aromatic rings. The number of amides is 1. The van der Waals surface area contributed by atoms with Gasteiger partial charge in [-0.25, -0.2) is 0 Å². The van der Waals surface area contributed by atoms with E-state index >= 15 is 0 Å². The van der Waals surface area contributed by atoms with Gasteiger partial charge in [-0.2, -0.15) is 13.2 Å². The number of hydrogen-bond donors (Lipinski definition) is 2. The molecule has 0 bridgehead atoms. The van der Waals surface area contributed by atoms with Crippen molar-refractivity contribution in [2.45, 2.75) is 44.8 Å². The van der Waals surface area contributed by atoms with Gasteiger partial charge in [0.1, 0.15) is 0 Å². The molecule has 2 N–H and O–H groups in total. The first kappa shape index (κ1) is 15.3. The Balaban J connectivity index is 2.32. The Morgan fingerprint density at radius 1 is 1.28 bits per heavy atom. The topological polar surface area (TPSA) is 41.1 Å². The number of carbonyl (C=O) groups excluding carboxylic acids is 1. The second-order valence-electron chi connectivity index (χ2n) is 5.03. The lowest BCUT2D eigenvalue weighted by Gasteiger charge is -2.29. The highest BCUT2D eigenvalue weighted by atomic mass is 19.4. The van der Waals surface area contributed by atoms with Gasteiger partial charge in [0.05, 0.1) is 5.92 Å². The van der Waals surface area contributed by atoms with Crippen molar-refractivity contribution < 1.29 is 18.0 Å². The summed E-state index contributed by atoms with van der Waals surface area (Å²) in [5.41, 5.74) is 0. The largest absolute Gasteiger partial charge is 0.391 e. The number of rotatable bonds is 4. The van der Waals surface area contributed by atoms with Crippen molar-refractivity contribution in [3.8, 4) is 0 Å². The number of likely N-dealkylation sites (N-methyl/N-ethyl adjacent to an activating group) is 1. The minimum atomic E-state index is -4.11. The highest BCUT2D eigenvalue weighted by Crippen LogP contribution is 2.39. The lowest BCUT2D eigenvalue weighted by molar-refractivity contribution is -0.184. The van der Waals surface area contributed by atoms with Crippen molar-refractivity contribution in [2.75, 3.05) is 13.6 Å². The van der Waals surface area contributed by atoms with Gasteiger partial charge in [-0.1, -0.05) is 0 Å². The first-order valence-electron chi connectivity index (χ1n) is 6.36. The number of alkyl halides is 3. The first-order chi connectivity index (χ1) is 8.34. The smallest absolute Gasteiger partial charge is 0.354 e. The van der Waals surface area contributed by atoms with Crippen LogP contribution < -0.4 is 10.6 Å². The van der Waals surface area contributed by atoms with Crippen LogP contribution in [-0.4, -0.2) is 31.7 Å². The van der Waals surface area contributed by atoms with Gasteiger partial charge in [-0.15, -0.1) is 0 Å². The molecule has 0 aromatic heterocycles. The third-order valence-electron chi connectivity index (χ3n) is 3.64. The maximum atomic E-state index is 12.5. The van der Waals surface area contributed by atoms with Crippen LogP contribution >= 0.6 is 0 Å². The van der Waals surface area contributed by atoms with Gasteiger partial charge in [0.15, 0.2) is 0 Å². The molecule has 1 fully saturated rings. The summed E-state index contributed by atoms with van der Waals surface area (Å²) in [7, 11) is 1.80. The molecule has 0 aromatic carbocycles. The van der Waals surface area contributed by atoms with Crippen LogP contribution in [0.15, 0.2) is 0 Å². The van der Waals surface area contributed by atoms with E-state index in [0.29, 0.717) is 19.4 Å². The zero-order valence-corrected chi connectivity index (χ0v) is 10.8. The molecule has 18 heavy (non-hydrogen) atoms. The van der Waals surface area contributed by atoms with Crippen molar-refractivity contribution in [3.05, 3.63) is 0 Å². The van der Waals surface area contributed by atoms with Crippen LogP contribution in [0.5, 0.6) is 0 Å². The van der Waals surface area contributed by atoms with Gasteiger partial charge in [-0.05, 0) is 39.7 Å². The van der Waals surface area contributed by atoms with E-state index in [0.717, 1.165) is 0 Å². The van der Waals surface area contributed by atoms with Crippen LogP contribution in [0.3, 0.4) is 0 Å². The summed E-state index contributed by atoms with van der Waals surface area (Å²) in [4.78, 5) is 11.8.